The van der Waals surface area contributed by atoms with Crippen molar-refractivity contribution in [2.75, 3.05) is 0 Å². The lowest BCUT2D eigenvalue weighted by Gasteiger charge is -2.03. The molecular weight excluding hydrogens is 156 g/mol. The van der Waals surface area contributed by atoms with E-state index in [-0.39, 0.29) is 18.1 Å². The molecule has 0 fully saturated rings. The van der Waals surface area contributed by atoms with Gasteiger partial charge in [0.15, 0.2) is 5.78 Å². The first-order chi connectivity index (χ1) is 5.68. The van der Waals surface area contributed by atoms with Crippen molar-refractivity contribution >= 4 is 11.8 Å². The fourth-order valence-electron chi connectivity index (χ4n) is 1.35. The molecule has 1 rings (SSSR count). The average Bonchev–Trinajstić information content (AvgIpc) is 2.35. The SMILES string of the molecule is O=C(O)CCCC1C=CC(=O)C1. The second kappa shape index (κ2) is 4.04. The molecule has 66 valence electrons. The van der Waals surface area contributed by atoms with E-state index in [1.807, 2.05) is 6.08 Å². The third-order valence-corrected chi connectivity index (χ3v) is 1.98. The highest BCUT2D eigenvalue weighted by atomic mass is 16.4. The summed E-state index contributed by atoms with van der Waals surface area (Å²) in [5, 5.41) is 8.35. The van der Waals surface area contributed by atoms with E-state index >= 15 is 0 Å². The second-order valence-corrected chi connectivity index (χ2v) is 3.08. The van der Waals surface area contributed by atoms with E-state index in [2.05, 4.69) is 0 Å². The predicted molar refractivity (Wildman–Crippen MR) is 43.7 cm³/mol. The molecule has 0 aliphatic heterocycles. The first-order valence-electron chi connectivity index (χ1n) is 4.11. The first-order valence-corrected chi connectivity index (χ1v) is 4.11. The van der Waals surface area contributed by atoms with Gasteiger partial charge in [0.25, 0.3) is 0 Å². The number of allylic oxidation sites excluding steroid dienone is 2. The summed E-state index contributed by atoms with van der Waals surface area (Å²) in [5.41, 5.74) is 0. The molecule has 0 spiro atoms. The highest BCUT2D eigenvalue weighted by Crippen LogP contribution is 2.20. The molecular formula is C9H12O3. The lowest BCUT2D eigenvalue weighted by Crippen LogP contribution is -1.99. The van der Waals surface area contributed by atoms with Gasteiger partial charge in [0.1, 0.15) is 0 Å². The van der Waals surface area contributed by atoms with Crippen LogP contribution in [-0.4, -0.2) is 16.9 Å². The normalized spacial score (nSPS) is 21.7. The van der Waals surface area contributed by atoms with Crippen LogP contribution in [0.15, 0.2) is 12.2 Å². The van der Waals surface area contributed by atoms with Gasteiger partial charge >= 0.3 is 5.97 Å². The Morgan fingerprint density at radius 3 is 2.92 bits per heavy atom. The van der Waals surface area contributed by atoms with E-state index in [1.165, 1.54) is 0 Å². The van der Waals surface area contributed by atoms with E-state index in [9.17, 15) is 9.59 Å². The number of hydrogen-bond donors (Lipinski definition) is 1. The average molecular weight is 168 g/mol. The van der Waals surface area contributed by atoms with Gasteiger partial charge in [0.2, 0.25) is 0 Å². The Labute approximate surface area is 71.1 Å². The Morgan fingerprint density at radius 1 is 1.67 bits per heavy atom. The van der Waals surface area contributed by atoms with Crippen molar-refractivity contribution in [1.82, 2.24) is 0 Å². The largest absolute Gasteiger partial charge is 0.481 e. The maximum Gasteiger partial charge on any atom is 0.303 e. The maximum atomic E-state index is 10.7. The van der Waals surface area contributed by atoms with E-state index < -0.39 is 5.97 Å². The van der Waals surface area contributed by atoms with Gasteiger partial charge in [-0.15, -0.1) is 0 Å². The number of carboxylic acids is 1. The quantitative estimate of drug-likeness (QED) is 0.690. The van der Waals surface area contributed by atoms with Crippen LogP contribution in [0.4, 0.5) is 0 Å². The van der Waals surface area contributed by atoms with Gasteiger partial charge in [-0.3, -0.25) is 9.59 Å². The fourth-order valence-corrected chi connectivity index (χ4v) is 1.35. The second-order valence-electron chi connectivity index (χ2n) is 3.08. The number of carboxylic acid groups (broad SMARTS) is 1. The van der Waals surface area contributed by atoms with E-state index in [4.69, 9.17) is 5.11 Å². The zero-order valence-corrected chi connectivity index (χ0v) is 6.82. The van der Waals surface area contributed by atoms with Crippen LogP contribution in [-0.2, 0) is 9.59 Å². The van der Waals surface area contributed by atoms with Gasteiger partial charge in [-0.25, -0.2) is 0 Å². The molecule has 1 atom stereocenters. The minimum absolute atomic E-state index is 0.162. The van der Waals surface area contributed by atoms with Gasteiger partial charge in [-0.05, 0) is 24.8 Å². The van der Waals surface area contributed by atoms with Crippen LogP contribution < -0.4 is 0 Å². The van der Waals surface area contributed by atoms with Gasteiger partial charge < -0.3 is 5.11 Å². The lowest BCUT2D eigenvalue weighted by atomic mass is 10.0. The molecule has 1 N–H and O–H groups in total. The molecule has 0 aromatic carbocycles. The smallest absolute Gasteiger partial charge is 0.303 e. The molecule has 1 aliphatic rings. The van der Waals surface area contributed by atoms with Gasteiger partial charge in [0.05, 0.1) is 0 Å². The van der Waals surface area contributed by atoms with Gasteiger partial charge in [0, 0.05) is 12.8 Å². The van der Waals surface area contributed by atoms with Crippen molar-refractivity contribution in [2.45, 2.75) is 25.7 Å². The van der Waals surface area contributed by atoms with Crippen molar-refractivity contribution < 1.29 is 14.7 Å². The summed E-state index contributed by atoms with van der Waals surface area (Å²) in [5.74, 6) is -0.310. The first kappa shape index (κ1) is 8.97. The highest BCUT2D eigenvalue weighted by Gasteiger charge is 2.15. The van der Waals surface area contributed by atoms with E-state index in [0.29, 0.717) is 12.8 Å². The molecule has 0 bridgehead atoms. The Hall–Kier alpha value is -1.12. The molecule has 0 amide bonds. The van der Waals surface area contributed by atoms with E-state index in [0.717, 1.165) is 6.42 Å². The number of rotatable bonds is 4. The number of ketones is 1. The fraction of sp³-hybridized carbons (Fsp3) is 0.556. The van der Waals surface area contributed by atoms with Gasteiger partial charge in [-0.1, -0.05) is 6.08 Å². The molecule has 0 saturated heterocycles. The third kappa shape index (κ3) is 2.86. The Balaban J connectivity index is 2.13. The van der Waals surface area contributed by atoms with Crippen LogP contribution in [0.25, 0.3) is 0 Å². The predicted octanol–water partition coefficient (Wildman–Crippen LogP) is 1.39. The van der Waals surface area contributed by atoms with Crippen molar-refractivity contribution in [3.63, 3.8) is 0 Å². The molecule has 0 radical (unpaired) electrons. The molecule has 12 heavy (non-hydrogen) atoms. The summed E-state index contributed by atoms with van der Waals surface area (Å²) >= 11 is 0. The number of carbonyl (C=O) groups is 2. The molecule has 0 aromatic rings. The zero-order chi connectivity index (χ0) is 8.97. The summed E-state index contributed by atoms with van der Waals surface area (Å²) < 4.78 is 0. The molecule has 0 aromatic heterocycles. The van der Waals surface area contributed by atoms with Crippen LogP contribution in [0.2, 0.25) is 0 Å². The van der Waals surface area contributed by atoms with Crippen molar-refractivity contribution in [3.8, 4) is 0 Å². The Bertz CT molecular complexity index is 218. The van der Waals surface area contributed by atoms with Crippen molar-refractivity contribution in [1.29, 1.82) is 0 Å². The number of aliphatic carboxylic acids is 1. The zero-order valence-electron chi connectivity index (χ0n) is 6.82. The van der Waals surface area contributed by atoms with Crippen molar-refractivity contribution in [3.05, 3.63) is 12.2 Å². The summed E-state index contributed by atoms with van der Waals surface area (Å²) in [6.45, 7) is 0. The maximum absolute atomic E-state index is 10.7. The summed E-state index contributed by atoms with van der Waals surface area (Å²) in [4.78, 5) is 20.9. The third-order valence-electron chi connectivity index (χ3n) is 1.98. The monoisotopic (exact) mass is 168 g/mol. The summed E-state index contributed by atoms with van der Waals surface area (Å²) in [6, 6.07) is 0. The number of hydrogen-bond acceptors (Lipinski definition) is 2. The minimum Gasteiger partial charge on any atom is -0.481 e. The molecule has 3 heteroatoms. The molecule has 3 nitrogen and oxygen atoms in total. The number of carbonyl (C=O) groups excluding carboxylic acids is 1. The molecule has 0 saturated carbocycles. The van der Waals surface area contributed by atoms with Crippen LogP contribution in [0.1, 0.15) is 25.7 Å². The van der Waals surface area contributed by atoms with Crippen LogP contribution in [0.3, 0.4) is 0 Å². The van der Waals surface area contributed by atoms with Crippen molar-refractivity contribution in [2.24, 2.45) is 5.92 Å². The van der Waals surface area contributed by atoms with Crippen LogP contribution >= 0.6 is 0 Å². The molecule has 1 unspecified atom stereocenters. The topological polar surface area (TPSA) is 54.4 Å². The van der Waals surface area contributed by atoms with Crippen LogP contribution in [0, 0.1) is 5.92 Å². The summed E-state index contributed by atoms with van der Waals surface area (Å²) in [6.07, 6.45) is 5.72. The Morgan fingerprint density at radius 2 is 2.42 bits per heavy atom. The standard InChI is InChI=1S/C9H12O3/c10-8-5-4-7(6-8)2-1-3-9(11)12/h4-5,7H,1-3,6H2,(H,11,12). The molecule has 0 heterocycles. The Kier molecular flexibility index (Phi) is 3.02. The van der Waals surface area contributed by atoms with Gasteiger partial charge in [-0.2, -0.15) is 0 Å². The molecule has 1 aliphatic carbocycles. The lowest BCUT2D eigenvalue weighted by molar-refractivity contribution is -0.137. The van der Waals surface area contributed by atoms with E-state index in [1.54, 1.807) is 6.08 Å². The summed E-state index contributed by atoms with van der Waals surface area (Å²) in [7, 11) is 0. The minimum atomic E-state index is -0.761. The highest BCUT2D eigenvalue weighted by molar-refractivity contribution is 5.92. The van der Waals surface area contributed by atoms with Crippen LogP contribution in [0.5, 0.6) is 0 Å².